The SMILES string of the molecule is Nc1nnc(-c2cc3ccc(Cl)cc3[nH]2)o1. The number of nitrogens with two attached hydrogens (primary N) is 1. The number of hydrogen-bond acceptors (Lipinski definition) is 4. The summed E-state index contributed by atoms with van der Waals surface area (Å²) in [7, 11) is 0. The molecule has 80 valence electrons. The van der Waals surface area contributed by atoms with Crippen molar-refractivity contribution in [2.75, 3.05) is 5.73 Å². The van der Waals surface area contributed by atoms with Crippen LogP contribution in [0.15, 0.2) is 28.7 Å². The third kappa shape index (κ3) is 1.42. The van der Waals surface area contributed by atoms with Crippen molar-refractivity contribution in [3.8, 4) is 11.6 Å². The summed E-state index contributed by atoms with van der Waals surface area (Å²) >= 11 is 5.89. The molecule has 16 heavy (non-hydrogen) atoms. The summed E-state index contributed by atoms with van der Waals surface area (Å²) in [6.07, 6.45) is 0. The largest absolute Gasteiger partial charge is 0.402 e. The van der Waals surface area contributed by atoms with E-state index in [2.05, 4.69) is 15.2 Å². The van der Waals surface area contributed by atoms with Gasteiger partial charge in [0.05, 0.1) is 0 Å². The Morgan fingerprint density at radius 1 is 1.25 bits per heavy atom. The monoisotopic (exact) mass is 234 g/mol. The van der Waals surface area contributed by atoms with Gasteiger partial charge in [-0.15, -0.1) is 5.10 Å². The molecular weight excluding hydrogens is 228 g/mol. The Morgan fingerprint density at radius 2 is 2.12 bits per heavy atom. The van der Waals surface area contributed by atoms with Crippen LogP contribution in [0.1, 0.15) is 0 Å². The van der Waals surface area contributed by atoms with E-state index < -0.39 is 0 Å². The molecular formula is C10H7ClN4O. The Balaban J connectivity index is 2.18. The number of nitrogens with zero attached hydrogens (tertiary/aromatic N) is 2. The van der Waals surface area contributed by atoms with Crippen LogP contribution in [0.25, 0.3) is 22.5 Å². The lowest BCUT2D eigenvalue weighted by atomic mass is 10.2. The van der Waals surface area contributed by atoms with Crippen molar-refractivity contribution in [2.24, 2.45) is 0 Å². The number of nitrogen functional groups attached to an aromatic ring is 1. The maximum absolute atomic E-state index is 5.89. The van der Waals surface area contributed by atoms with Gasteiger partial charge in [-0.05, 0) is 18.2 Å². The number of nitrogens with one attached hydrogen (secondary N) is 1. The van der Waals surface area contributed by atoms with Gasteiger partial charge in [0.2, 0.25) is 0 Å². The molecule has 0 amide bonds. The number of anilines is 1. The highest BCUT2D eigenvalue weighted by molar-refractivity contribution is 6.31. The van der Waals surface area contributed by atoms with Gasteiger partial charge in [-0.1, -0.05) is 22.8 Å². The molecule has 0 saturated heterocycles. The van der Waals surface area contributed by atoms with E-state index in [0.717, 1.165) is 16.6 Å². The van der Waals surface area contributed by atoms with Gasteiger partial charge >= 0.3 is 6.01 Å². The minimum absolute atomic E-state index is 0.0479. The predicted molar refractivity (Wildman–Crippen MR) is 61.0 cm³/mol. The third-order valence-corrected chi connectivity index (χ3v) is 2.49. The van der Waals surface area contributed by atoms with Gasteiger partial charge in [0, 0.05) is 15.9 Å². The zero-order valence-electron chi connectivity index (χ0n) is 8.07. The molecule has 0 fully saturated rings. The molecule has 6 heteroatoms. The molecule has 0 atom stereocenters. The average molecular weight is 235 g/mol. The number of benzene rings is 1. The van der Waals surface area contributed by atoms with Crippen LogP contribution in [-0.4, -0.2) is 15.2 Å². The van der Waals surface area contributed by atoms with E-state index in [0.29, 0.717) is 10.9 Å². The number of aromatic nitrogens is 3. The topological polar surface area (TPSA) is 80.7 Å². The van der Waals surface area contributed by atoms with E-state index in [4.69, 9.17) is 21.8 Å². The third-order valence-electron chi connectivity index (χ3n) is 2.26. The normalized spacial score (nSPS) is 11.1. The molecule has 0 aliphatic carbocycles. The first-order chi connectivity index (χ1) is 7.72. The summed E-state index contributed by atoms with van der Waals surface area (Å²) in [6.45, 7) is 0. The molecule has 3 rings (SSSR count). The van der Waals surface area contributed by atoms with Crippen molar-refractivity contribution in [1.29, 1.82) is 0 Å². The van der Waals surface area contributed by atoms with Gasteiger partial charge in [-0.25, -0.2) is 0 Å². The Morgan fingerprint density at radius 3 is 2.88 bits per heavy atom. The Hall–Kier alpha value is -2.01. The van der Waals surface area contributed by atoms with Crippen LogP contribution < -0.4 is 5.73 Å². The maximum atomic E-state index is 5.89. The fourth-order valence-electron chi connectivity index (χ4n) is 1.56. The van der Waals surface area contributed by atoms with E-state index in [9.17, 15) is 0 Å². The van der Waals surface area contributed by atoms with Crippen molar-refractivity contribution >= 4 is 28.5 Å². The van der Waals surface area contributed by atoms with Crippen LogP contribution in [0.2, 0.25) is 5.02 Å². The van der Waals surface area contributed by atoms with Crippen molar-refractivity contribution in [1.82, 2.24) is 15.2 Å². The van der Waals surface area contributed by atoms with E-state index in [1.807, 2.05) is 24.3 Å². The van der Waals surface area contributed by atoms with Gasteiger partial charge < -0.3 is 15.1 Å². The smallest absolute Gasteiger partial charge is 0.313 e. The fraction of sp³-hybridized carbons (Fsp3) is 0. The average Bonchev–Trinajstić information content (AvgIpc) is 2.83. The standard InChI is InChI=1S/C10H7ClN4O/c11-6-2-1-5-3-8(13-7(5)4-6)9-14-15-10(12)16-9/h1-4,13H,(H2,12,15). The van der Waals surface area contributed by atoms with Crippen molar-refractivity contribution in [2.45, 2.75) is 0 Å². The van der Waals surface area contributed by atoms with Crippen LogP contribution in [0, 0.1) is 0 Å². The lowest BCUT2D eigenvalue weighted by Crippen LogP contribution is -1.81. The second-order valence-electron chi connectivity index (χ2n) is 3.36. The summed E-state index contributed by atoms with van der Waals surface area (Å²) < 4.78 is 5.12. The molecule has 0 aliphatic rings. The zero-order valence-corrected chi connectivity index (χ0v) is 8.82. The second kappa shape index (κ2) is 3.24. The molecule has 0 bridgehead atoms. The molecule has 3 aromatic rings. The van der Waals surface area contributed by atoms with Crippen LogP contribution in [0.4, 0.5) is 6.01 Å². The first-order valence-corrected chi connectivity index (χ1v) is 4.98. The predicted octanol–water partition coefficient (Wildman–Crippen LogP) is 2.45. The second-order valence-corrected chi connectivity index (χ2v) is 3.80. The Labute approximate surface area is 95.2 Å². The molecule has 1 aromatic carbocycles. The molecule has 3 N–H and O–H groups in total. The van der Waals surface area contributed by atoms with Gasteiger partial charge in [0.1, 0.15) is 5.69 Å². The summed E-state index contributed by atoms with van der Waals surface area (Å²) in [6, 6.07) is 7.52. The van der Waals surface area contributed by atoms with E-state index in [1.54, 1.807) is 0 Å². The molecule has 2 aromatic heterocycles. The van der Waals surface area contributed by atoms with Gasteiger partial charge in [-0.2, -0.15) is 0 Å². The molecule has 0 aliphatic heterocycles. The minimum Gasteiger partial charge on any atom is -0.402 e. The van der Waals surface area contributed by atoms with Gasteiger partial charge in [-0.3, -0.25) is 0 Å². The van der Waals surface area contributed by atoms with Gasteiger partial charge in [0.25, 0.3) is 5.89 Å². The van der Waals surface area contributed by atoms with E-state index >= 15 is 0 Å². The first-order valence-electron chi connectivity index (χ1n) is 4.60. The van der Waals surface area contributed by atoms with Crippen LogP contribution in [0.5, 0.6) is 0 Å². The highest BCUT2D eigenvalue weighted by Gasteiger charge is 2.09. The highest BCUT2D eigenvalue weighted by Crippen LogP contribution is 2.25. The van der Waals surface area contributed by atoms with Crippen LogP contribution >= 0.6 is 11.6 Å². The number of aromatic amines is 1. The highest BCUT2D eigenvalue weighted by atomic mass is 35.5. The molecule has 0 saturated carbocycles. The van der Waals surface area contributed by atoms with Crippen molar-refractivity contribution in [3.05, 3.63) is 29.3 Å². The lowest BCUT2D eigenvalue weighted by Gasteiger charge is -1.89. The summed E-state index contributed by atoms with van der Waals surface area (Å²) in [5.74, 6) is 0.366. The van der Waals surface area contributed by atoms with Crippen LogP contribution in [0.3, 0.4) is 0 Å². The van der Waals surface area contributed by atoms with E-state index in [-0.39, 0.29) is 6.01 Å². The molecule has 5 nitrogen and oxygen atoms in total. The molecule has 0 unspecified atom stereocenters. The molecule has 2 heterocycles. The quantitative estimate of drug-likeness (QED) is 0.678. The number of fused-ring (bicyclic) bond motifs is 1. The van der Waals surface area contributed by atoms with Crippen molar-refractivity contribution in [3.63, 3.8) is 0 Å². The fourth-order valence-corrected chi connectivity index (χ4v) is 1.73. The summed E-state index contributed by atoms with van der Waals surface area (Å²) in [5.41, 5.74) is 7.00. The number of halogens is 1. The number of hydrogen-bond donors (Lipinski definition) is 2. The lowest BCUT2D eigenvalue weighted by molar-refractivity contribution is 0.588. The zero-order chi connectivity index (χ0) is 11.1. The summed E-state index contributed by atoms with van der Waals surface area (Å²) in [5, 5.41) is 9.09. The number of rotatable bonds is 1. The van der Waals surface area contributed by atoms with Gasteiger partial charge in [0.15, 0.2) is 0 Å². The Kier molecular flexibility index (Phi) is 1.87. The van der Waals surface area contributed by atoms with E-state index in [1.165, 1.54) is 0 Å². The Bertz CT molecular complexity index is 658. The first kappa shape index (κ1) is 9.23. The maximum Gasteiger partial charge on any atom is 0.313 e. The van der Waals surface area contributed by atoms with Crippen molar-refractivity contribution < 1.29 is 4.42 Å². The molecule has 0 radical (unpaired) electrons. The van der Waals surface area contributed by atoms with Crippen LogP contribution in [-0.2, 0) is 0 Å². The summed E-state index contributed by atoms with van der Waals surface area (Å²) in [4.78, 5) is 3.13. The molecule has 0 spiro atoms. The minimum atomic E-state index is 0.0479. The number of H-pyrrole nitrogens is 1.